The minimum absolute atomic E-state index is 0.303. The number of hydrogen-bond donors (Lipinski definition) is 2. The number of rotatable bonds is 9. The summed E-state index contributed by atoms with van der Waals surface area (Å²) in [5.74, 6) is -0.967. The van der Waals surface area contributed by atoms with Crippen LogP contribution in [0.3, 0.4) is 0 Å². The van der Waals surface area contributed by atoms with E-state index in [1.54, 1.807) is 0 Å². The Bertz CT molecular complexity index is 152. The monoisotopic (exact) mass is 205 g/mol. The average molecular weight is 205 g/mol. The highest BCUT2D eigenvalue weighted by Crippen LogP contribution is 1.97. The lowest BCUT2D eigenvalue weighted by molar-refractivity contribution is -0.151. The van der Waals surface area contributed by atoms with Gasteiger partial charge in [0.25, 0.3) is 0 Å². The molecule has 0 bridgehead atoms. The maximum atomic E-state index is 10.6. The van der Waals surface area contributed by atoms with Gasteiger partial charge in [0, 0.05) is 6.61 Å². The summed E-state index contributed by atoms with van der Waals surface area (Å²) in [6, 6.07) is 0. The van der Waals surface area contributed by atoms with E-state index in [-0.39, 0.29) is 0 Å². The standard InChI is InChI=1S/C9H19NO4/c1-2-5-13-6-7-14-8(3-4-10)9(11)12/h8H,2-7,10H2,1H3,(H,11,12). The molecule has 84 valence electrons. The third-order valence-electron chi connectivity index (χ3n) is 1.60. The van der Waals surface area contributed by atoms with Crippen molar-refractivity contribution in [1.82, 2.24) is 0 Å². The summed E-state index contributed by atoms with van der Waals surface area (Å²) in [6.45, 7) is 3.74. The maximum Gasteiger partial charge on any atom is 0.332 e. The lowest BCUT2D eigenvalue weighted by atomic mass is 10.2. The molecule has 0 aromatic carbocycles. The molecule has 14 heavy (non-hydrogen) atoms. The zero-order chi connectivity index (χ0) is 10.8. The second-order valence-electron chi connectivity index (χ2n) is 2.89. The third kappa shape index (κ3) is 6.82. The van der Waals surface area contributed by atoms with Crippen LogP contribution in [0, 0.1) is 0 Å². The van der Waals surface area contributed by atoms with E-state index in [0.717, 1.165) is 6.42 Å². The van der Waals surface area contributed by atoms with Crippen molar-refractivity contribution in [3.05, 3.63) is 0 Å². The van der Waals surface area contributed by atoms with Gasteiger partial charge in [-0.05, 0) is 19.4 Å². The molecule has 0 rings (SSSR count). The highest BCUT2D eigenvalue weighted by atomic mass is 16.5. The average Bonchev–Trinajstić information content (AvgIpc) is 2.15. The van der Waals surface area contributed by atoms with Crippen LogP contribution in [0.5, 0.6) is 0 Å². The number of carboxylic acid groups (broad SMARTS) is 1. The van der Waals surface area contributed by atoms with Crippen molar-refractivity contribution in [3.63, 3.8) is 0 Å². The first-order valence-electron chi connectivity index (χ1n) is 4.84. The van der Waals surface area contributed by atoms with Crippen LogP contribution < -0.4 is 5.73 Å². The molecular weight excluding hydrogens is 186 g/mol. The van der Waals surface area contributed by atoms with Crippen molar-refractivity contribution in [2.75, 3.05) is 26.4 Å². The summed E-state index contributed by atoms with van der Waals surface area (Å²) >= 11 is 0. The molecule has 0 aromatic heterocycles. The van der Waals surface area contributed by atoms with Crippen molar-refractivity contribution >= 4 is 5.97 Å². The maximum absolute atomic E-state index is 10.6. The molecule has 0 saturated carbocycles. The van der Waals surface area contributed by atoms with Gasteiger partial charge in [0.1, 0.15) is 0 Å². The molecule has 0 saturated heterocycles. The van der Waals surface area contributed by atoms with Crippen molar-refractivity contribution in [1.29, 1.82) is 0 Å². The second-order valence-corrected chi connectivity index (χ2v) is 2.89. The van der Waals surface area contributed by atoms with Crippen molar-refractivity contribution in [3.8, 4) is 0 Å². The number of ether oxygens (including phenoxy) is 2. The molecule has 3 N–H and O–H groups in total. The molecule has 0 amide bonds. The van der Waals surface area contributed by atoms with Crippen molar-refractivity contribution in [2.45, 2.75) is 25.9 Å². The van der Waals surface area contributed by atoms with E-state index in [9.17, 15) is 4.79 Å². The van der Waals surface area contributed by atoms with Gasteiger partial charge in [-0.3, -0.25) is 0 Å². The quantitative estimate of drug-likeness (QED) is 0.527. The van der Waals surface area contributed by atoms with E-state index >= 15 is 0 Å². The summed E-state index contributed by atoms with van der Waals surface area (Å²) < 4.78 is 10.2. The second kappa shape index (κ2) is 8.93. The van der Waals surface area contributed by atoms with E-state index in [1.807, 2.05) is 6.92 Å². The van der Waals surface area contributed by atoms with Crippen LogP contribution in [-0.2, 0) is 14.3 Å². The van der Waals surface area contributed by atoms with Gasteiger partial charge in [-0.15, -0.1) is 0 Å². The molecule has 0 aliphatic carbocycles. The van der Waals surface area contributed by atoms with Crippen LogP contribution in [0.25, 0.3) is 0 Å². The van der Waals surface area contributed by atoms with E-state index < -0.39 is 12.1 Å². The molecular formula is C9H19NO4. The van der Waals surface area contributed by atoms with E-state index in [0.29, 0.717) is 32.8 Å². The number of hydrogen-bond acceptors (Lipinski definition) is 4. The minimum atomic E-state index is -0.967. The smallest absolute Gasteiger partial charge is 0.332 e. The Hall–Kier alpha value is -0.650. The molecule has 0 aromatic rings. The minimum Gasteiger partial charge on any atom is -0.479 e. The topological polar surface area (TPSA) is 81.8 Å². The van der Waals surface area contributed by atoms with Gasteiger partial charge in [-0.1, -0.05) is 6.92 Å². The Labute approximate surface area is 84.2 Å². The lowest BCUT2D eigenvalue weighted by Gasteiger charge is -2.12. The van der Waals surface area contributed by atoms with Gasteiger partial charge in [0.15, 0.2) is 6.10 Å². The Morgan fingerprint density at radius 2 is 2.14 bits per heavy atom. The predicted molar refractivity (Wildman–Crippen MR) is 52.2 cm³/mol. The van der Waals surface area contributed by atoms with Gasteiger partial charge < -0.3 is 20.3 Å². The Balaban J connectivity index is 3.46. The van der Waals surface area contributed by atoms with Crippen LogP contribution in [0.4, 0.5) is 0 Å². The SMILES string of the molecule is CCCOCCOC(CCN)C(=O)O. The van der Waals surface area contributed by atoms with E-state index in [4.69, 9.17) is 20.3 Å². The van der Waals surface area contributed by atoms with E-state index in [2.05, 4.69) is 0 Å². The number of carbonyl (C=O) groups is 1. The van der Waals surface area contributed by atoms with Crippen LogP contribution in [0.15, 0.2) is 0 Å². The zero-order valence-corrected chi connectivity index (χ0v) is 8.57. The zero-order valence-electron chi connectivity index (χ0n) is 8.57. The number of nitrogens with two attached hydrogens (primary N) is 1. The third-order valence-corrected chi connectivity index (χ3v) is 1.60. The number of carboxylic acids is 1. The molecule has 5 heteroatoms. The molecule has 1 unspecified atom stereocenters. The predicted octanol–water partition coefficient (Wildman–Crippen LogP) is 0.232. The Morgan fingerprint density at radius 3 is 2.64 bits per heavy atom. The van der Waals surface area contributed by atoms with Crippen LogP contribution in [0.2, 0.25) is 0 Å². The molecule has 0 heterocycles. The fraction of sp³-hybridized carbons (Fsp3) is 0.889. The van der Waals surface area contributed by atoms with Crippen LogP contribution in [0.1, 0.15) is 19.8 Å². The Morgan fingerprint density at radius 1 is 1.43 bits per heavy atom. The summed E-state index contributed by atoms with van der Waals surface area (Å²) in [7, 11) is 0. The van der Waals surface area contributed by atoms with Gasteiger partial charge >= 0.3 is 5.97 Å². The normalized spacial score (nSPS) is 12.7. The van der Waals surface area contributed by atoms with E-state index in [1.165, 1.54) is 0 Å². The highest BCUT2D eigenvalue weighted by molar-refractivity contribution is 5.72. The molecule has 5 nitrogen and oxygen atoms in total. The lowest BCUT2D eigenvalue weighted by Crippen LogP contribution is -2.28. The molecule has 0 fully saturated rings. The molecule has 0 radical (unpaired) electrons. The summed E-state index contributed by atoms with van der Waals surface area (Å²) in [5, 5.41) is 8.69. The molecule has 0 aliphatic rings. The van der Waals surface area contributed by atoms with Crippen LogP contribution in [-0.4, -0.2) is 43.5 Å². The summed E-state index contributed by atoms with van der Waals surface area (Å²) in [6.07, 6.45) is 0.485. The first-order chi connectivity index (χ1) is 6.72. The summed E-state index contributed by atoms with van der Waals surface area (Å²) in [5.41, 5.74) is 5.24. The molecule has 1 atom stereocenters. The van der Waals surface area contributed by atoms with Gasteiger partial charge in [-0.2, -0.15) is 0 Å². The first kappa shape index (κ1) is 13.4. The van der Waals surface area contributed by atoms with Crippen molar-refractivity contribution in [2.24, 2.45) is 5.73 Å². The van der Waals surface area contributed by atoms with Gasteiger partial charge in [0.05, 0.1) is 13.2 Å². The molecule has 0 aliphatic heterocycles. The fourth-order valence-electron chi connectivity index (χ4n) is 0.925. The molecule has 0 spiro atoms. The highest BCUT2D eigenvalue weighted by Gasteiger charge is 2.16. The van der Waals surface area contributed by atoms with Crippen molar-refractivity contribution < 1.29 is 19.4 Å². The Kier molecular flexibility index (Phi) is 8.51. The largest absolute Gasteiger partial charge is 0.479 e. The van der Waals surface area contributed by atoms with Crippen LogP contribution >= 0.6 is 0 Å². The first-order valence-corrected chi connectivity index (χ1v) is 4.84. The number of aliphatic carboxylic acids is 1. The summed E-state index contributed by atoms with van der Waals surface area (Å²) in [4.78, 5) is 10.6. The fourth-order valence-corrected chi connectivity index (χ4v) is 0.925. The van der Waals surface area contributed by atoms with Gasteiger partial charge in [-0.25, -0.2) is 4.79 Å². The van der Waals surface area contributed by atoms with Gasteiger partial charge in [0.2, 0.25) is 0 Å².